The Morgan fingerprint density at radius 2 is 1.41 bits per heavy atom. The van der Waals surface area contributed by atoms with E-state index in [1.54, 1.807) is 48.5 Å². The van der Waals surface area contributed by atoms with Gasteiger partial charge in [-0.1, -0.05) is 12.1 Å². The third-order valence-electron chi connectivity index (χ3n) is 4.92. The van der Waals surface area contributed by atoms with Crippen molar-refractivity contribution in [1.29, 1.82) is 0 Å². The summed E-state index contributed by atoms with van der Waals surface area (Å²) in [4.78, 5) is 51.0. The number of carbonyl (C=O) groups excluding carboxylic acids is 4. The van der Waals surface area contributed by atoms with E-state index >= 15 is 0 Å². The van der Waals surface area contributed by atoms with Crippen LogP contribution in [0.5, 0.6) is 0 Å². The summed E-state index contributed by atoms with van der Waals surface area (Å²) in [5.74, 6) is -1.26. The van der Waals surface area contributed by atoms with E-state index in [4.69, 9.17) is 0 Å². The number of likely N-dealkylation sites (N-methyl/N-ethyl adjacent to an activating group) is 1. The molecular formula is C22H23N3O4. The van der Waals surface area contributed by atoms with Crippen LogP contribution in [-0.4, -0.2) is 52.9 Å². The van der Waals surface area contributed by atoms with Gasteiger partial charge < -0.3 is 15.1 Å². The third-order valence-corrected chi connectivity index (χ3v) is 4.92. The van der Waals surface area contributed by atoms with E-state index < -0.39 is 11.8 Å². The average Bonchev–Trinajstić information content (AvgIpc) is 2.72. The lowest BCUT2D eigenvalue weighted by molar-refractivity contribution is -0.156. The first-order valence-electron chi connectivity index (χ1n) is 9.48. The highest BCUT2D eigenvalue weighted by Gasteiger charge is 2.31. The van der Waals surface area contributed by atoms with E-state index in [-0.39, 0.29) is 11.7 Å². The van der Waals surface area contributed by atoms with Crippen molar-refractivity contribution < 1.29 is 19.2 Å². The van der Waals surface area contributed by atoms with Crippen LogP contribution >= 0.6 is 0 Å². The molecule has 3 amide bonds. The summed E-state index contributed by atoms with van der Waals surface area (Å²) in [5, 5.41) is 2.78. The van der Waals surface area contributed by atoms with Gasteiger partial charge in [0, 0.05) is 43.0 Å². The molecule has 0 aliphatic carbocycles. The van der Waals surface area contributed by atoms with Gasteiger partial charge in [0.1, 0.15) is 0 Å². The van der Waals surface area contributed by atoms with Crippen LogP contribution in [0.3, 0.4) is 0 Å². The van der Waals surface area contributed by atoms with Crippen molar-refractivity contribution >= 4 is 29.2 Å². The number of ketones is 1. The molecule has 1 aliphatic heterocycles. The van der Waals surface area contributed by atoms with Crippen LogP contribution in [0, 0.1) is 0 Å². The number of hydrogen-bond donors (Lipinski definition) is 1. The van der Waals surface area contributed by atoms with E-state index in [9.17, 15) is 19.2 Å². The quantitative estimate of drug-likeness (QED) is 0.603. The van der Waals surface area contributed by atoms with Gasteiger partial charge >= 0.3 is 11.8 Å². The first-order valence-corrected chi connectivity index (χ1v) is 9.48. The molecule has 2 aromatic rings. The van der Waals surface area contributed by atoms with Crippen LogP contribution in [0.2, 0.25) is 0 Å². The first kappa shape index (κ1) is 20.3. The number of nitrogens with one attached hydrogen (secondary N) is 1. The molecule has 29 heavy (non-hydrogen) atoms. The summed E-state index contributed by atoms with van der Waals surface area (Å²) in [6.45, 7) is 5.22. The average molecular weight is 393 g/mol. The second-order valence-corrected chi connectivity index (χ2v) is 6.90. The molecule has 1 aliphatic rings. The Kier molecular flexibility index (Phi) is 6.07. The van der Waals surface area contributed by atoms with Crippen molar-refractivity contribution in [2.24, 2.45) is 0 Å². The van der Waals surface area contributed by atoms with Crippen LogP contribution in [-0.2, 0) is 16.1 Å². The van der Waals surface area contributed by atoms with Crippen LogP contribution in [0.15, 0.2) is 48.5 Å². The minimum absolute atomic E-state index is 0.0326. The molecule has 0 atom stereocenters. The molecule has 2 aromatic carbocycles. The van der Waals surface area contributed by atoms with Crippen LogP contribution in [0.1, 0.15) is 40.1 Å². The van der Waals surface area contributed by atoms with Gasteiger partial charge in [-0.05, 0) is 55.8 Å². The predicted octanol–water partition coefficient (Wildman–Crippen LogP) is 2.33. The summed E-state index contributed by atoms with van der Waals surface area (Å²) in [5.41, 5.74) is 2.50. The summed E-state index contributed by atoms with van der Waals surface area (Å²) in [7, 11) is 0. The second-order valence-electron chi connectivity index (χ2n) is 6.90. The number of piperazine rings is 1. The Hall–Kier alpha value is -3.48. The van der Waals surface area contributed by atoms with Gasteiger partial charge in [-0.25, -0.2) is 0 Å². The lowest BCUT2D eigenvalue weighted by Gasteiger charge is -2.33. The smallest absolute Gasteiger partial charge is 0.312 e. The van der Waals surface area contributed by atoms with Gasteiger partial charge in [0.15, 0.2) is 5.78 Å². The zero-order chi connectivity index (χ0) is 21.0. The van der Waals surface area contributed by atoms with E-state index in [1.807, 2.05) is 6.92 Å². The van der Waals surface area contributed by atoms with E-state index in [1.165, 1.54) is 16.7 Å². The van der Waals surface area contributed by atoms with Gasteiger partial charge in [-0.15, -0.1) is 0 Å². The molecule has 0 spiro atoms. The molecule has 0 bridgehead atoms. The molecule has 1 saturated heterocycles. The second kappa shape index (κ2) is 8.68. The van der Waals surface area contributed by atoms with Crippen molar-refractivity contribution in [2.45, 2.75) is 20.4 Å². The Morgan fingerprint density at radius 1 is 0.862 bits per heavy atom. The van der Waals surface area contributed by atoms with Crippen molar-refractivity contribution in [3.8, 4) is 0 Å². The molecule has 0 saturated carbocycles. The number of rotatable bonds is 6. The molecule has 0 radical (unpaired) electrons. The van der Waals surface area contributed by atoms with E-state index in [2.05, 4.69) is 5.32 Å². The molecule has 1 heterocycles. The fraction of sp³-hybridized carbons (Fsp3) is 0.273. The molecule has 3 rings (SSSR count). The van der Waals surface area contributed by atoms with Crippen molar-refractivity contribution in [3.63, 3.8) is 0 Å². The summed E-state index contributed by atoms with van der Waals surface area (Å²) < 4.78 is 0. The monoisotopic (exact) mass is 393 g/mol. The summed E-state index contributed by atoms with van der Waals surface area (Å²) in [6, 6.07) is 13.6. The minimum Gasteiger partial charge on any atom is -0.333 e. The summed E-state index contributed by atoms with van der Waals surface area (Å²) >= 11 is 0. The van der Waals surface area contributed by atoms with Gasteiger partial charge in [0.25, 0.3) is 5.91 Å². The van der Waals surface area contributed by atoms with Gasteiger partial charge in [-0.2, -0.15) is 0 Å². The fourth-order valence-corrected chi connectivity index (χ4v) is 3.14. The molecule has 150 valence electrons. The zero-order valence-corrected chi connectivity index (χ0v) is 16.5. The van der Waals surface area contributed by atoms with E-state index in [0.29, 0.717) is 43.0 Å². The van der Waals surface area contributed by atoms with E-state index in [0.717, 1.165) is 5.56 Å². The normalized spacial score (nSPS) is 14.1. The highest BCUT2D eigenvalue weighted by Crippen LogP contribution is 2.14. The largest absolute Gasteiger partial charge is 0.333 e. The van der Waals surface area contributed by atoms with Gasteiger partial charge in [0.2, 0.25) is 0 Å². The lowest BCUT2D eigenvalue weighted by Crippen LogP contribution is -2.53. The molecule has 1 fully saturated rings. The van der Waals surface area contributed by atoms with Crippen molar-refractivity contribution in [2.75, 3.05) is 25.0 Å². The van der Waals surface area contributed by atoms with Crippen molar-refractivity contribution in [1.82, 2.24) is 9.80 Å². The maximum Gasteiger partial charge on any atom is 0.312 e. The van der Waals surface area contributed by atoms with Gasteiger partial charge in [0.05, 0.1) is 0 Å². The number of amides is 3. The van der Waals surface area contributed by atoms with Gasteiger partial charge in [-0.3, -0.25) is 19.2 Å². The Labute approximate surface area is 169 Å². The number of Topliss-reactive ketones (excluding diaryl/α,β-unsaturated/α-hetero) is 1. The first-order chi connectivity index (χ1) is 13.9. The molecular weight excluding hydrogens is 370 g/mol. The van der Waals surface area contributed by atoms with Crippen LogP contribution in [0.25, 0.3) is 0 Å². The Balaban J connectivity index is 1.61. The van der Waals surface area contributed by atoms with Crippen LogP contribution < -0.4 is 5.32 Å². The van der Waals surface area contributed by atoms with Crippen molar-refractivity contribution in [3.05, 3.63) is 65.2 Å². The topological polar surface area (TPSA) is 86.8 Å². The SMILES string of the molecule is CCN1CCN(Cc2ccc(C(=O)Nc3ccc(C(C)=O)cc3)cc2)C(=O)C1=O. The fourth-order valence-electron chi connectivity index (χ4n) is 3.14. The van der Waals surface area contributed by atoms with Crippen LogP contribution in [0.4, 0.5) is 5.69 Å². The number of hydrogen-bond acceptors (Lipinski definition) is 4. The highest BCUT2D eigenvalue weighted by molar-refractivity contribution is 6.35. The minimum atomic E-state index is -0.492. The molecule has 7 nitrogen and oxygen atoms in total. The third kappa shape index (κ3) is 4.68. The molecule has 7 heteroatoms. The standard InChI is InChI=1S/C22H23N3O4/c1-3-24-12-13-25(22(29)21(24)28)14-16-4-6-18(7-5-16)20(27)23-19-10-8-17(9-11-19)15(2)26/h4-11H,3,12-14H2,1-2H3,(H,23,27). The molecule has 1 N–H and O–H groups in total. The number of anilines is 1. The zero-order valence-electron chi connectivity index (χ0n) is 16.5. The summed E-state index contributed by atoms with van der Waals surface area (Å²) in [6.07, 6.45) is 0. The maximum atomic E-state index is 12.4. The number of carbonyl (C=O) groups is 4. The highest BCUT2D eigenvalue weighted by atomic mass is 16.2. The number of benzene rings is 2. The Morgan fingerprint density at radius 3 is 2.00 bits per heavy atom. The Bertz CT molecular complexity index is 936. The molecule has 0 aromatic heterocycles. The maximum absolute atomic E-state index is 12.4. The lowest BCUT2D eigenvalue weighted by atomic mass is 10.1. The molecule has 0 unspecified atom stereocenters. The predicted molar refractivity (Wildman–Crippen MR) is 109 cm³/mol. The number of nitrogens with zero attached hydrogens (tertiary/aromatic N) is 2.